The second-order valence-corrected chi connectivity index (χ2v) is 8.65. The molecule has 2 aromatic carbocycles. The summed E-state index contributed by atoms with van der Waals surface area (Å²) in [5, 5.41) is 6.28. The summed E-state index contributed by atoms with van der Waals surface area (Å²) in [4.78, 5) is 20.9. The highest BCUT2D eigenvalue weighted by Gasteiger charge is 2.14. The van der Waals surface area contributed by atoms with E-state index in [0.717, 1.165) is 16.7 Å². The minimum Gasteiger partial charge on any atom is -0.493 e. The molecule has 1 N–H and O–H groups in total. The number of methoxy groups -OCH3 is 1. The molecule has 6 nitrogen and oxygen atoms in total. The van der Waals surface area contributed by atoms with Gasteiger partial charge in [-0.15, -0.1) is 11.3 Å². The average Bonchev–Trinajstić information content (AvgIpc) is 3.34. The first-order valence-electron chi connectivity index (χ1n) is 9.91. The number of carbonyl (C=O) groups excluding carboxylic acids is 1. The molecule has 0 aliphatic rings. The van der Waals surface area contributed by atoms with Crippen molar-refractivity contribution in [1.82, 2.24) is 15.3 Å². The van der Waals surface area contributed by atoms with Crippen molar-refractivity contribution in [1.29, 1.82) is 0 Å². The molecule has 0 spiro atoms. The van der Waals surface area contributed by atoms with Gasteiger partial charge in [0.1, 0.15) is 17.3 Å². The lowest BCUT2D eigenvalue weighted by Crippen LogP contribution is -2.23. The van der Waals surface area contributed by atoms with Gasteiger partial charge in [-0.05, 0) is 53.6 Å². The lowest BCUT2D eigenvalue weighted by molar-refractivity contribution is 0.0946. The Morgan fingerprint density at radius 3 is 2.58 bits per heavy atom. The Hall–Kier alpha value is -3.13. The van der Waals surface area contributed by atoms with Gasteiger partial charge in [0.05, 0.1) is 17.2 Å². The van der Waals surface area contributed by atoms with E-state index in [2.05, 4.69) is 15.3 Å². The third kappa shape index (κ3) is 5.82. The van der Waals surface area contributed by atoms with Gasteiger partial charge in [0.15, 0.2) is 11.5 Å². The number of amides is 1. The number of halogens is 2. The molecule has 33 heavy (non-hydrogen) atoms. The van der Waals surface area contributed by atoms with Gasteiger partial charge in [-0.25, -0.2) is 4.98 Å². The quantitative estimate of drug-likeness (QED) is 0.320. The van der Waals surface area contributed by atoms with Crippen LogP contribution in [0.4, 0.5) is 0 Å². The van der Waals surface area contributed by atoms with E-state index in [4.69, 9.17) is 32.7 Å². The maximum absolute atomic E-state index is 12.5. The zero-order valence-electron chi connectivity index (χ0n) is 17.5. The van der Waals surface area contributed by atoms with Crippen molar-refractivity contribution in [2.75, 3.05) is 7.11 Å². The molecule has 0 aliphatic heterocycles. The Bertz CT molecular complexity index is 1270. The SMILES string of the molecule is COc1cc(-c2nc(C(=O)NCc3ccncc3)cs2)ccc1OCc1ccc(Cl)c(Cl)c1. The molecule has 0 bridgehead atoms. The number of carbonyl (C=O) groups is 1. The van der Waals surface area contributed by atoms with Crippen molar-refractivity contribution in [3.8, 4) is 22.1 Å². The topological polar surface area (TPSA) is 73.3 Å². The van der Waals surface area contributed by atoms with Crippen LogP contribution in [0.25, 0.3) is 10.6 Å². The summed E-state index contributed by atoms with van der Waals surface area (Å²) in [7, 11) is 1.57. The molecule has 0 radical (unpaired) electrons. The lowest BCUT2D eigenvalue weighted by atomic mass is 10.2. The van der Waals surface area contributed by atoms with E-state index in [0.29, 0.717) is 45.4 Å². The third-order valence-corrected chi connectivity index (χ3v) is 6.36. The smallest absolute Gasteiger partial charge is 0.271 e. The molecule has 0 saturated heterocycles. The molecule has 2 aromatic heterocycles. The van der Waals surface area contributed by atoms with Gasteiger partial charge in [0.25, 0.3) is 5.91 Å². The molecule has 2 heterocycles. The van der Waals surface area contributed by atoms with Crippen LogP contribution < -0.4 is 14.8 Å². The van der Waals surface area contributed by atoms with Crippen LogP contribution in [0.2, 0.25) is 10.0 Å². The first kappa shape index (κ1) is 23.0. The lowest BCUT2D eigenvalue weighted by Gasteiger charge is -2.12. The number of pyridine rings is 1. The fraction of sp³-hybridized carbons (Fsp3) is 0.125. The molecule has 0 saturated carbocycles. The van der Waals surface area contributed by atoms with Crippen LogP contribution in [-0.4, -0.2) is 23.0 Å². The number of aromatic nitrogens is 2. The molecule has 4 rings (SSSR count). The van der Waals surface area contributed by atoms with Crippen LogP contribution in [0, 0.1) is 0 Å². The number of hydrogen-bond acceptors (Lipinski definition) is 6. The number of ether oxygens (including phenoxy) is 2. The van der Waals surface area contributed by atoms with Crippen molar-refractivity contribution < 1.29 is 14.3 Å². The zero-order chi connectivity index (χ0) is 23.2. The van der Waals surface area contributed by atoms with E-state index in [9.17, 15) is 4.79 Å². The third-order valence-electron chi connectivity index (χ3n) is 4.73. The Labute approximate surface area is 205 Å². The van der Waals surface area contributed by atoms with Crippen molar-refractivity contribution >= 4 is 40.4 Å². The minimum atomic E-state index is -0.233. The Morgan fingerprint density at radius 2 is 1.82 bits per heavy atom. The molecule has 0 fully saturated rings. The average molecular weight is 500 g/mol. The van der Waals surface area contributed by atoms with E-state index in [1.165, 1.54) is 11.3 Å². The standard InChI is InChI=1S/C24H19Cl2N3O3S/c1-31-22-11-17(3-5-21(22)32-13-16-2-4-18(25)19(26)10-16)24-29-20(14-33-24)23(30)28-12-15-6-8-27-9-7-15/h2-11,14H,12-13H2,1H3,(H,28,30). The fourth-order valence-electron chi connectivity index (χ4n) is 2.99. The Morgan fingerprint density at radius 1 is 1.00 bits per heavy atom. The van der Waals surface area contributed by atoms with Gasteiger partial charge in [-0.2, -0.15) is 0 Å². The summed E-state index contributed by atoms with van der Waals surface area (Å²) in [5.41, 5.74) is 3.04. The van der Waals surface area contributed by atoms with Crippen LogP contribution in [0.1, 0.15) is 21.6 Å². The summed E-state index contributed by atoms with van der Waals surface area (Å²) >= 11 is 13.4. The second kappa shape index (κ2) is 10.7. The predicted molar refractivity (Wildman–Crippen MR) is 130 cm³/mol. The van der Waals surface area contributed by atoms with Gasteiger partial charge in [-0.1, -0.05) is 29.3 Å². The summed E-state index contributed by atoms with van der Waals surface area (Å²) in [6.45, 7) is 0.721. The highest BCUT2D eigenvalue weighted by atomic mass is 35.5. The van der Waals surface area contributed by atoms with E-state index < -0.39 is 0 Å². The predicted octanol–water partition coefficient (Wildman–Crippen LogP) is 6.03. The van der Waals surface area contributed by atoms with Crippen LogP contribution in [-0.2, 0) is 13.2 Å². The van der Waals surface area contributed by atoms with Crippen molar-refractivity contribution in [2.45, 2.75) is 13.2 Å². The van der Waals surface area contributed by atoms with Gasteiger partial charge in [0.2, 0.25) is 0 Å². The molecule has 9 heteroatoms. The van der Waals surface area contributed by atoms with Crippen LogP contribution in [0.5, 0.6) is 11.5 Å². The molecule has 168 valence electrons. The van der Waals surface area contributed by atoms with Crippen molar-refractivity contribution in [3.63, 3.8) is 0 Å². The number of nitrogens with zero attached hydrogens (tertiary/aromatic N) is 2. The van der Waals surface area contributed by atoms with Gasteiger partial charge in [0, 0.05) is 29.9 Å². The number of nitrogens with one attached hydrogen (secondary N) is 1. The highest BCUT2D eigenvalue weighted by molar-refractivity contribution is 7.13. The second-order valence-electron chi connectivity index (χ2n) is 6.98. The summed E-state index contributed by atoms with van der Waals surface area (Å²) in [6, 6.07) is 14.6. The Balaban J connectivity index is 1.43. The van der Waals surface area contributed by atoms with Crippen LogP contribution >= 0.6 is 34.5 Å². The van der Waals surface area contributed by atoms with Gasteiger partial charge < -0.3 is 14.8 Å². The number of benzene rings is 2. The molecule has 1 amide bonds. The molecule has 0 unspecified atom stereocenters. The van der Waals surface area contributed by atoms with Crippen LogP contribution in [0.3, 0.4) is 0 Å². The summed E-state index contributed by atoms with van der Waals surface area (Å²) < 4.78 is 11.4. The Kier molecular flexibility index (Phi) is 7.44. The summed E-state index contributed by atoms with van der Waals surface area (Å²) in [5.74, 6) is 0.911. The first-order valence-corrected chi connectivity index (χ1v) is 11.5. The largest absolute Gasteiger partial charge is 0.493 e. The van der Waals surface area contributed by atoms with Crippen molar-refractivity contribution in [2.24, 2.45) is 0 Å². The maximum Gasteiger partial charge on any atom is 0.271 e. The maximum atomic E-state index is 12.5. The van der Waals surface area contributed by atoms with Gasteiger partial charge >= 0.3 is 0 Å². The van der Waals surface area contributed by atoms with E-state index in [-0.39, 0.29) is 5.91 Å². The van der Waals surface area contributed by atoms with E-state index >= 15 is 0 Å². The summed E-state index contributed by atoms with van der Waals surface area (Å²) in [6.07, 6.45) is 3.38. The van der Waals surface area contributed by atoms with E-state index in [1.54, 1.807) is 37.0 Å². The molecular weight excluding hydrogens is 481 g/mol. The number of hydrogen-bond donors (Lipinski definition) is 1. The monoisotopic (exact) mass is 499 g/mol. The first-order chi connectivity index (χ1) is 16.0. The zero-order valence-corrected chi connectivity index (χ0v) is 19.9. The molecule has 0 atom stereocenters. The van der Waals surface area contributed by atoms with Crippen LogP contribution in [0.15, 0.2) is 66.3 Å². The minimum absolute atomic E-state index is 0.233. The molecule has 0 aliphatic carbocycles. The normalized spacial score (nSPS) is 10.6. The fourth-order valence-corrected chi connectivity index (χ4v) is 4.11. The van der Waals surface area contributed by atoms with Crippen molar-refractivity contribution in [3.05, 3.63) is 93.2 Å². The number of rotatable bonds is 8. The number of thiazole rings is 1. The van der Waals surface area contributed by atoms with E-state index in [1.807, 2.05) is 36.4 Å². The highest BCUT2D eigenvalue weighted by Crippen LogP contribution is 2.34. The molecule has 4 aromatic rings. The van der Waals surface area contributed by atoms with Gasteiger partial charge in [-0.3, -0.25) is 9.78 Å². The molecular formula is C24H19Cl2N3O3S.